The van der Waals surface area contributed by atoms with E-state index < -0.39 is 20.9 Å². The van der Waals surface area contributed by atoms with Crippen molar-refractivity contribution < 1.29 is 18.1 Å². The fourth-order valence-electron chi connectivity index (χ4n) is 2.24. The zero-order valence-corrected chi connectivity index (χ0v) is 15.3. The Kier molecular flexibility index (Phi) is 5.73. The van der Waals surface area contributed by atoms with Crippen molar-refractivity contribution in [3.63, 3.8) is 0 Å². The van der Waals surface area contributed by atoms with Gasteiger partial charge in [0.2, 0.25) is 10.0 Å². The lowest BCUT2D eigenvalue weighted by molar-refractivity contribution is -0.384. The predicted octanol–water partition coefficient (Wildman–Crippen LogP) is 2.84. The molecular weight excluding hydrogens is 358 g/mol. The first kappa shape index (κ1) is 19.5. The van der Waals surface area contributed by atoms with Gasteiger partial charge in [0.05, 0.1) is 15.5 Å². The van der Waals surface area contributed by atoms with Crippen molar-refractivity contribution in [2.24, 2.45) is 0 Å². The van der Waals surface area contributed by atoms with Crippen LogP contribution in [0.4, 0.5) is 11.4 Å². The van der Waals surface area contributed by atoms with Gasteiger partial charge in [-0.15, -0.1) is 0 Å². The predicted molar refractivity (Wildman–Crippen MR) is 97.7 cm³/mol. The molecule has 2 aromatic carbocycles. The quantitative estimate of drug-likeness (QED) is 0.593. The number of rotatable bonds is 6. The van der Waals surface area contributed by atoms with Crippen molar-refractivity contribution in [3.05, 3.63) is 63.7 Å². The number of benzene rings is 2. The molecule has 0 radical (unpaired) electrons. The number of hydrogen-bond acceptors (Lipinski definition) is 5. The van der Waals surface area contributed by atoms with Gasteiger partial charge < -0.3 is 5.32 Å². The molecule has 0 saturated heterocycles. The summed E-state index contributed by atoms with van der Waals surface area (Å²) in [4.78, 5) is 22.7. The van der Waals surface area contributed by atoms with Crippen molar-refractivity contribution in [3.8, 4) is 0 Å². The Balaban J connectivity index is 2.30. The van der Waals surface area contributed by atoms with Crippen molar-refractivity contribution in [1.82, 2.24) is 4.72 Å². The summed E-state index contributed by atoms with van der Waals surface area (Å²) < 4.78 is 26.9. The number of nitro benzene ring substituents is 1. The maximum atomic E-state index is 12.5. The summed E-state index contributed by atoms with van der Waals surface area (Å²) in [6, 6.07) is 9.42. The smallest absolute Gasteiger partial charge is 0.271 e. The number of non-ortho nitro benzene ring substituents is 1. The van der Waals surface area contributed by atoms with E-state index in [4.69, 9.17) is 0 Å². The van der Waals surface area contributed by atoms with Crippen molar-refractivity contribution in [2.45, 2.75) is 31.7 Å². The molecule has 0 aliphatic rings. The number of nitro groups is 1. The van der Waals surface area contributed by atoms with Gasteiger partial charge >= 0.3 is 0 Å². The van der Waals surface area contributed by atoms with Crippen molar-refractivity contribution in [1.29, 1.82) is 0 Å². The highest BCUT2D eigenvalue weighted by atomic mass is 32.2. The molecule has 0 aliphatic carbocycles. The number of anilines is 1. The molecule has 0 heterocycles. The summed E-state index contributed by atoms with van der Waals surface area (Å²) in [6.45, 7) is 5.09. The molecular formula is C17H19N3O5S. The van der Waals surface area contributed by atoms with Crippen LogP contribution in [0, 0.1) is 17.0 Å². The van der Waals surface area contributed by atoms with E-state index in [1.165, 1.54) is 42.5 Å². The lowest BCUT2D eigenvalue weighted by Crippen LogP contribution is -2.30. The number of aryl methyl sites for hydroxylation is 1. The zero-order chi connectivity index (χ0) is 19.5. The fraction of sp³-hybridized carbons (Fsp3) is 0.235. The minimum absolute atomic E-state index is 0.0328. The van der Waals surface area contributed by atoms with Gasteiger partial charge in [-0.05, 0) is 44.5 Å². The first-order valence-electron chi connectivity index (χ1n) is 7.79. The third-order valence-electron chi connectivity index (χ3n) is 3.48. The summed E-state index contributed by atoms with van der Waals surface area (Å²) in [6.07, 6.45) is 0. The highest BCUT2D eigenvalue weighted by molar-refractivity contribution is 7.89. The summed E-state index contributed by atoms with van der Waals surface area (Å²) in [7, 11) is -3.73. The number of nitrogens with one attached hydrogen (secondary N) is 2. The maximum Gasteiger partial charge on any atom is 0.271 e. The molecule has 0 aliphatic heterocycles. The normalized spacial score (nSPS) is 11.4. The van der Waals surface area contributed by atoms with Crippen LogP contribution in [0.25, 0.3) is 0 Å². The molecule has 1 amide bonds. The van der Waals surface area contributed by atoms with Gasteiger partial charge in [0.15, 0.2) is 0 Å². The largest absolute Gasteiger partial charge is 0.321 e. The van der Waals surface area contributed by atoms with Crippen molar-refractivity contribution in [2.75, 3.05) is 5.32 Å². The Morgan fingerprint density at radius 1 is 1.15 bits per heavy atom. The van der Waals surface area contributed by atoms with Gasteiger partial charge in [0.25, 0.3) is 11.6 Å². The van der Waals surface area contributed by atoms with Crippen LogP contribution in [0.1, 0.15) is 29.8 Å². The third kappa shape index (κ3) is 4.64. The van der Waals surface area contributed by atoms with Crippen LogP contribution >= 0.6 is 0 Å². The van der Waals surface area contributed by atoms with Gasteiger partial charge in [0.1, 0.15) is 0 Å². The molecule has 0 spiro atoms. The van der Waals surface area contributed by atoms with Gasteiger partial charge in [-0.2, -0.15) is 0 Å². The molecule has 2 N–H and O–H groups in total. The highest BCUT2D eigenvalue weighted by Crippen LogP contribution is 2.23. The van der Waals surface area contributed by atoms with Crippen LogP contribution in [0.3, 0.4) is 0 Å². The molecule has 8 nitrogen and oxygen atoms in total. The number of sulfonamides is 1. The average Bonchev–Trinajstić information content (AvgIpc) is 2.55. The van der Waals surface area contributed by atoms with E-state index in [0.717, 1.165) is 0 Å². The minimum Gasteiger partial charge on any atom is -0.321 e. The minimum atomic E-state index is -3.73. The van der Waals surface area contributed by atoms with Gasteiger partial charge in [0, 0.05) is 23.7 Å². The molecule has 0 atom stereocenters. The molecule has 2 aromatic rings. The molecule has 0 unspecified atom stereocenters. The van der Waals surface area contributed by atoms with Crippen LogP contribution < -0.4 is 10.0 Å². The van der Waals surface area contributed by atoms with Gasteiger partial charge in [-0.3, -0.25) is 14.9 Å². The van der Waals surface area contributed by atoms with Crippen LogP contribution in [0.15, 0.2) is 47.4 Å². The second kappa shape index (κ2) is 7.63. The van der Waals surface area contributed by atoms with Crippen LogP contribution in [-0.4, -0.2) is 25.3 Å². The summed E-state index contributed by atoms with van der Waals surface area (Å²) in [5, 5.41) is 13.5. The lowest BCUT2D eigenvalue weighted by atomic mass is 10.1. The Morgan fingerprint density at radius 2 is 1.85 bits per heavy atom. The summed E-state index contributed by atoms with van der Waals surface area (Å²) >= 11 is 0. The van der Waals surface area contributed by atoms with E-state index in [0.29, 0.717) is 5.56 Å². The number of carbonyl (C=O) groups excluding carboxylic acids is 1. The summed E-state index contributed by atoms with van der Waals surface area (Å²) in [5.74, 6) is -0.560. The number of amides is 1. The molecule has 2 rings (SSSR count). The lowest BCUT2D eigenvalue weighted by Gasteiger charge is -2.11. The Labute approximate surface area is 151 Å². The van der Waals surface area contributed by atoms with E-state index in [1.54, 1.807) is 20.8 Å². The van der Waals surface area contributed by atoms with Gasteiger partial charge in [-0.1, -0.05) is 12.1 Å². The SMILES string of the molecule is Cc1ccc([N+](=O)[O-])cc1NC(=O)c1cccc(S(=O)(=O)NC(C)C)c1. The molecule has 9 heteroatoms. The Hall–Kier alpha value is -2.78. The van der Waals surface area contributed by atoms with Crippen LogP contribution in [0.5, 0.6) is 0 Å². The van der Waals surface area contributed by atoms with E-state index in [2.05, 4.69) is 10.0 Å². The van der Waals surface area contributed by atoms with E-state index in [9.17, 15) is 23.3 Å². The number of nitrogens with zero attached hydrogens (tertiary/aromatic N) is 1. The van der Waals surface area contributed by atoms with Crippen molar-refractivity contribution >= 4 is 27.3 Å². The first-order chi connectivity index (χ1) is 12.1. The topological polar surface area (TPSA) is 118 Å². The zero-order valence-electron chi connectivity index (χ0n) is 14.5. The number of hydrogen-bond donors (Lipinski definition) is 2. The van der Waals surface area contributed by atoms with Gasteiger partial charge in [-0.25, -0.2) is 13.1 Å². The van der Waals surface area contributed by atoms with Crippen LogP contribution in [-0.2, 0) is 10.0 Å². The standard InChI is InChI=1S/C17H19N3O5S/c1-11(2)19-26(24,25)15-6-4-5-13(9-15)17(21)18-16-10-14(20(22)23)8-7-12(16)3/h4-11,19H,1-3H3,(H,18,21). The molecule has 0 bridgehead atoms. The monoisotopic (exact) mass is 377 g/mol. The Morgan fingerprint density at radius 3 is 2.46 bits per heavy atom. The molecule has 0 aromatic heterocycles. The van der Waals surface area contributed by atoms with E-state index in [1.807, 2.05) is 0 Å². The fourth-order valence-corrected chi connectivity index (χ4v) is 3.53. The van der Waals surface area contributed by atoms with E-state index in [-0.39, 0.29) is 27.9 Å². The first-order valence-corrected chi connectivity index (χ1v) is 9.27. The summed E-state index contributed by atoms with van der Waals surface area (Å²) in [5.41, 5.74) is 0.915. The number of carbonyl (C=O) groups is 1. The maximum absolute atomic E-state index is 12.5. The van der Waals surface area contributed by atoms with Crippen LogP contribution in [0.2, 0.25) is 0 Å². The second-order valence-electron chi connectivity index (χ2n) is 6.01. The molecule has 0 saturated carbocycles. The molecule has 138 valence electrons. The second-order valence-corrected chi connectivity index (χ2v) is 7.73. The molecule has 26 heavy (non-hydrogen) atoms. The molecule has 0 fully saturated rings. The third-order valence-corrected chi connectivity index (χ3v) is 5.13. The average molecular weight is 377 g/mol. The highest BCUT2D eigenvalue weighted by Gasteiger charge is 2.18. The Bertz CT molecular complexity index is 955. The van der Waals surface area contributed by atoms with E-state index >= 15 is 0 Å².